The van der Waals surface area contributed by atoms with Crippen LogP contribution < -0.4 is 14.8 Å². The minimum atomic E-state index is -0.609. The first-order valence-electron chi connectivity index (χ1n) is 11.5. The predicted molar refractivity (Wildman–Crippen MR) is 134 cm³/mol. The van der Waals surface area contributed by atoms with Gasteiger partial charge in [-0.1, -0.05) is 23.7 Å². The van der Waals surface area contributed by atoms with Crippen molar-refractivity contribution in [2.24, 2.45) is 0 Å². The van der Waals surface area contributed by atoms with Crippen molar-refractivity contribution in [1.82, 2.24) is 14.9 Å². The lowest BCUT2D eigenvalue weighted by atomic mass is 10.1. The highest BCUT2D eigenvalue weighted by Gasteiger charge is 2.29. The van der Waals surface area contributed by atoms with Gasteiger partial charge in [0.05, 0.1) is 24.4 Å². The van der Waals surface area contributed by atoms with Gasteiger partial charge in [-0.3, -0.25) is 0 Å². The summed E-state index contributed by atoms with van der Waals surface area (Å²) in [6.45, 7) is 6.57. The summed E-state index contributed by atoms with van der Waals surface area (Å²) in [6.07, 6.45) is 0.0464. The molecule has 3 aromatic rings. The highest BCUT2D eigenvalue weighted by Crippen LogP contribution is 2.34. The number of hydrogen-bond donors (Lipinski definition) is 1. The number of nitrogens with one attached hydrogen (secondary N) is 1. The van der Waals surface area contributed by atoms with Crippen LogP contribution in [0.25, 0.3) is 0 Å². The van der Waals surface area contributed by atoms with Crippen LogP contribution in [0.5, 0.6) is 17.4 Å². The van der Waals surface area contributed by atoms with Crippen molar-refractivity contribution in [3.63, 3.8) is 0 Å². The van der Waals surface area contributed by atoms with E-state index in [2.05, 4.69) is 15.3 Å². The number of aromatic nitrogens is 2. The van der Waals surface area contributed by atoms with Crippen molar-refractivity contribution in [1.29, 1.82) is 0 Å². The molecule has 0 saturated carbocycles. The normalized spacial score (nSPS) is 13.1. The zero-order valence-electron chi connectivity index (χ0n) is 20.6. The van der Waals surface area contributed by atoms with Gasteiger partial charge >= 0.3 is 6.09 Å². The molecule has 8 nitrogen and oxygen atoms in total. The monoisotopic (exact) mass is 514 g/mol. The van der Waals surface area contributed by atoms with Gasteiger partial charge in [-0.05, 0) is 63.1 Å². The topological polar surface area (TPSA) is 85.8 Å². The van der Waals surface area contributed by atoms with Crippen molar-refractivity contribution in [2.45, 2.75) is 45.9 Å². The summed E-state index contributed by atoms with van der Waals surface area (Å²) < 4.78 is 30.3. The van der Waals surface area contributed by atoms with Crippen LogP contribution >= 0.6 is 11.6 Å². The molecule has 0 radical (unpaired) electrons. The third kappa shape index (κ3) is 6.34. The molecule has 2 aromatic carbocycles. The molecule has 2 heterocycles. The summed E-state index contributed by atoms with van der Waals surface area (Å²) in [6, 6.07) is 11.5. The Morgan fingerprint density at radius 1 is 1.17 bits per heavy atom. The molecule has 0 fully saturated rings. The van der Waals surface area contributed by atoms with E-state index < -0.39 is 17.5 Å². The van der Waals surface area contributed by atoms with Crippen LogP contribution in [0.4, 0.5) is 15.1 Å². The van der Waals surface area contributed by atoms with Gasteiger partial charge < -0.3 is 24.4 Å². The molecule has 190 valence electrons. The fraction of sp³-hybridized carbons (Fsp3) is 0.346. The zero-order chi connectivity index (χ0) is 25.9. The maximum Gasteiger partial charge on any atom is 0.410 e. The summed E-state index contributed by atoms with van der Waals surface area (Å²) >= 11 is 6.19. The van der Waals surface area contributed by atoms with Gasteiger partial charge in [0.15, 0.2) is 0 Å². The second-order valence-corrected chi connectivity index (χ2v) is 9.72. The molecule has 0 spiro atoms. The number of carbonyl (C=O) groups is 1. The van der Waals surface area contributed by atoms with Crippen molar-refractivity contribution in [3.8, 4) is 17.4 Å². The lowest BCUT2D eigenvalue weighted by Crippen LogP contribution is -2.40. The van der Waals surface area contributed by atoms with E-state index >= 15 is 0 Å². The van der Waals surface area contributed by atoms with Crippen LogP contribution in [0.3, 0.4) is 0 Å². The number of carbonyl (C=O) groups excluding carboxylic acids is 1. The van der Waals surface area contributed by atoms with Crippen molar-refractivity contribution in [2.75, 3.05) is 19.0 Å². The fourth-order valence-corrected chi connectivity index (χ4v) is 3.83. The second kappa shape index (κ2) is 10.6. The van der Waals surface area contributed by atoms with Gasteiger partial charge in [0.25, 0.3) is 0 Å². The van der Waals surface area contributed by atoms with Crippen LogP contribution in [0.2, 0.25) is 5.02 Å². The largest absolute Gasteiger partial charge is 0.497 e. The van der Waals surface area contributed by atoms with Gasteiger partial charge in [0, 0.05) is 18.7 Å². The Labute approximate surface area is 214 Å². The van der Waals surface area contributed by atoms with E-state index in [0.717, 1.165) is 16.9 Å². The van der Waals surface area contributed by atoms with Crippen molar-refractivity contribution < 1.29 is 23.4 Å². The number of hydrogen-bond acceptors (Lipinski definition) is 7. The first kappa shape index (κ1) is 25.5. The molecule has 0 atom stereocenters. The Morgan fingerprint density at radius 2 is 1.92 bits per heavy atom. The highest BCUT2D eigenvalue weighted by atomic mass is 35.5. The standard InChI is InChI=1S/C26H28ClFN4O4/c1-26(2,3)36-25(33)32-12-11-19-21(15-32)30-24(29-14-16-5-8-18(34-4)9-6-16)31-23(19)35-22-10-7-17(28)13-20(22)27/h5-10,13H,11-12,14-15H2,1-4H3,(H,29,30,31). The number of rotatable bonds is 6. The van der Waals surface area contributed by atoms with Gasteiger partial charge in [0.1, 0.15) is 22.9 Å². The Balaban J connectivity index is 1.61. The Kier molecular flexibility index (Phi) is 7.49. The molecule has 0 unspecified atom stereocenters. The SMILES string of the molecule is COc1ccc(CNc2nc3c(c(Oc4ccc(F)cc4Cl)n2)CCN(C(=O)OC(C)(C)C)C3)cc1. The van der Waals surface area contributed by atoms with E-state index in [9.17, 15) is 9.18 Å². The Morgan fingerprint density at radius 3 is 2.58 bits per heavy atom. The van der Waals surface area contributed by atoms with E-state index in [1.165, 1.54) is 18.2 Å². The summed E-state index contributed by atoms with van der Waals surface area (Å²) in [5, 5.41) is 3.34. The van der Waals surface area contributed by atoms with Crippen molar-refractivity contribution in [3.05, 3.63) is 70.1 Å². The molecular weight excluding hydrogens is 487 g/mol. The minimum Gasteiger partial charge on any atom is -0.497 e. The minimum absolute atomic E-state index is 0.126. The van der Waals surface area contributed by atoms with Crippen LogP contribution in [0.15, 0.2) is 42.5 Å². The van der Waals surface area contributed by atoms with Crippen LogP contribution in [0.1, 0.15) is 37.6 Å². The molecule has 36 heavy (non-hydrogen) atoms. The molecule has 0 bridgehead atoms. The molecule has 1 aromatic heterocycles. The molecule has 0 saturated heterocycles. The van der Waals surface area contributed by atoms with Crippen LogP contribution in [-0.4, -0.2) is 40.2 Å². The number of fused-ring (bicyclic) bond motifs is 1. The average molecular weight is 515 g/mol. The number of nitrogens with zero attached hydrogens (tertiary/aromatic N) is 3. The summed E-state index contributed by atoms with van der Waals surface area (Å²) in [5.41, 5.74) is 1.77. The fourth-order valence-electron chi connectivity index (χ4n) is 3.63. The number of halogens is 2. The summed E-state index contributed by atoms with van der Waals surface area (Å²) in [4.78, 5) is 23.5. The predicted octanol–water partition coefficient (Wildman–Crippen LogP) is 5.98. The first-order valence-corrected chi connectivity index (χ1v) is 11.9. The quantitative estimate of drug-likeness (QED) is 0.433. The van der Waals surface area contributed by atoms with Gasteiger partial charge in [-0.15, -0.1) is 0 Å². The van der Waals surface area contributed by atoms with E-state index in [1.807, 2.05) is 45.0 Å². The maximum atomic E-state index is 13.5. The van der Waals surface area contributed by atoms with Gasteiger partial charge in [-0.2, -0.15) is 4.98 Å². The molecular formula is C26H28ClFN4O4. The molecule has 1 N–H and O–H groups in total. The second-order valence-electron chi connectivity index (χ2n) is 9.31. The number of methoxy groups -OCH3 is 1. The number of ether oxygens (including phenoxy) is 3. The molecule has 0 aliphatic carbocycles. The van der Waals surface area contributed by atoms with Crippen LogP contribution in [-0.2, 0) is 24.2 Å². The number of amides is 1. The lowest BCUT2D eigenvalue weighted by molar-refractivity contribution is 0.0220. The van der Waals surface area contributed by atoms with Gasteiger partial charge in [-0.25, -0.2) is 14.2 Å². The third-order valence-electron chi connectivity index (χ3n) is 5.39. The van der Waals surface area contributed by atoms with E-state index in [0.29, 0.717) is 37.0 Å². The number of anilines is 1. The van der Waals surface area contributed by atoms with Crippen molar-refractivity contribution >= 4 is 23.6 Å². The molecule has 1 aliphatic rings. The molecule has 10 heteroatoms. The maximum absolute atomic E-state index is 13.5. The van der Waals surface area contributed by atoms with E-state index in [4.69, 9.17) is 25.8 Å². The average Bonchev–Trinajstić information content (AvgIpc) is 2.83. The van der Waals surface area contributed by atoms with E-state index in [-0.39, 0.29) is 17.3 Å². The van der Waals surface area contributed by atoms with Gasteiger partial charge in [0.2, 0.25) is 11.8 Å². The zero-order valence-corrected chi connectivity index (χ0v) is 21.4. The first-order chi connectivity index (χ1) is 17.1. The molecule has 4 rings (SSSR count). The summed E-state index contributed by atoms with van der Waals surface area (Å²) in [5.74, 6) is 1.19. The summed E-state index contributed by atoms with van der Waals surface area (Å²) in [7, 11) is 1.61. The number of benzene rings is 2. The Bertz CT molecular complexity index is 1250. The third-order valence-corrected chi connectivity index (χ3v) is 5.68. The smallest absolute Gasteiger partial charge is 0.410 e. The molecule has 1 amide bonds. The lowest BCUT2D eigenvalue weighted by Gasteiger charge is -2.31. The van der Waals surface area contributed by atoms with Crippen LogP contribution in [0, 0.1) is 5.82 Å². The molecule has 1 aliphatic heterocycles. The van der Waals surface area contributed by atoms with E-state index in [1.54, 1.807) is 12.0 Å². The Hall–Kier alpha value is -3.59. The highest BCUT2D eigenvalue weighted by molar-refractivity contribution is 6.32.